The Morgan fingerprint density at radius 2 is 0.541 bits per heavy atom. The number of anilines is 8. The summed E-state index contributed by atoms with van der Waals surface area (Å²) in [4.78, 5) is 59.8. The maximum absolute atomic E-state index is 11.7. The maximum Gasteiger partial charge on any atom is 0.335 e. The second-order valence-corrected chi connectivity index (χ2v) is 31.8. The number of benzene rings is 8. The van der Waals surface area contributed by atoms with Crippen LogP contribution in [0.15, 0.2) is 277 Å². The number of aromatic carboxylic acids is 4. The van der Waals surface area contributed by atoms with Crippen LogP contribution in [0, 0.1) is 0 Å². The predicted molar refractivity (Wildman–Crippen MR) is 555 cm³/mol. The molecule has 11 aromatic rings. The van der Waals surface area contributed by atoms with Crippen molar-refractivity contribution in [3.8, 4) is 46.0 Å². The molecule has 0 saturated carbocycles. The standard InChI is InChI=1S/4C23H32N2O3.C5H5N.C5H6.C4H4O.C4H4S/c4*1-4-7-14-25(15-8-5-2)21-17-18(23(26)27)16-20(24-6-3)22(21)28-19-12-10-9-11-13-19;1-2-4-6-5-3-1;3*1-2-4-5-3-1/h4*9-13,16-17,24H,4-8,14-15H2,1-3H3,(H,26,27);1-5H;1-4H,5H2;2*1-4H. The van der Waals surface area contributed by atoms with E-state index >= 15 is 0 Å². The Labute approximate surface area is 796 Å². The molecule has 8 N–H and O–H groups in total. The van der Waals surface area contributed by atoms with Gasteiger partial charge in [0, 0.05) is 90.9 Å². The largest absolute Gasteiger partial charge is 0.478 e. The molecule has 3 heterocycles. The van der Waals surface area contributed by atoms with Crippen molar-refractivity contribution in [2.75, 3.05) is 119 Å². The van der Waals surface area contributed by atoms with Gasteiger partial charge in [0.1, 0.15) is 23.0 Å². The Hall–Kier alpha value is -13.2. The molecule has 0 amide bonds. The smallest absolute Gasteiger partial charge is 0.335 e. The molecule has 0 bridgehead atoms. The second-order valence-electron chi connectivity index (χ2n) is 31.0. The molecule has 0 spiro atoms. The van der Waals surface area contributed by atoms with Crippen LogP contribution in [0.4, 0.5) is 45.5 Å². The molecule has 12 rings (SSSR count). The molecule has 22 nitrogen and oxygen atoms in total. The topological polar surface area (TPSA) is 273 Å². The van der Waals surface area contributed by atoms with Crippen molar-refractivity contribution < 1.29 is 63.0 Å². The van der Waals surface area contributed by atoms with E-state index in [4.69, 9.17) is 18.9 Å². The summed E-state index contributed by atoms with van der Waals surface area (Å²) in [6.07, 6.45) is 33.2. The number of pyridine rings is 1. The molecule has 23 heteroatoms. The first kappa shape index (κ1) is 110. The summed E-state index contributed by atoms with van der Waals surface area (Å²) in [6.45, 7) is 35.0. The van der Waals surface area contributed by atoms with E-state index in [0.29, 0.717) is 71.9 Å². The normalized spacial score (nSPS) is 10.5. The number of para-hydroxylation sites is 4. The van der Waals surface area contributed by atoms with E-state index in [2.05, 4.69) is 130 Å². The number of hydrogen-bond acceptors (Lipinski definition) is 19. The van der Waals surface area contributed by atoms with Gasteiger partial charge in [-0.05, 0) is 218 Å². The fraction of sp³-hybridized carbons (Fsp3) is 0.373. The van der Waals surface area contributed by atoms with Gasteiger partial charge >= 0.3 is 23.9 Å². The van der Waals surface area contributed by atoms with Gasteiger partial charge < -0.3 is 84.7 Å². The van der Waals surface area contributed by atoms with Gasteiger partial charge in [-0.1, -0.05) is 222 Å². The monoisotopic (exact) mass is 1830 g/mol. The van der Waals surface area contributed by atoms with Crippen molar-refractivity contribution in [2.45, 2.75) is 192 Å². The van der Waals surface area contributed by atoms with Crippen LogP contribution < -0.4 is 59.8 Å². The van der Waals surface area contributed by atoms with Gasteiger partial charge in [0.15, 0.2) is 23.0 Å². The number of aromatic nitrogens is 1. The van der Waals surface area contributed by atoms with Crippen molar-refractivity contribution in [3.05, 3.63) is 295 Å². The Morgan fingerprint density at radius 1 is 0.316 bits per heavy atom. The molecular weight excluding hydrogens is 1690 g/mol. The lowest BCUT2D eigenvalue weighted by atomic mass is 10.1. The van der Waals surface area contributed by atoms with E-state index in [0.717, 1.165) is 207 Å². The predicted octanol–water partition coefficient (Wildman–Crippen LogP) is 29.7. The second kappa shape index (κ2) is 68.0. The number of unbranched alkanes of at least 4 members (excludes halogenated alkanes) is 8. The van der Waals surface area contributed by atoms with Crippen molar-refractivity contribution in [3.63, 3.8) is 0 Å². The summed E-state index contributed by atoms with van der Waals surface area (Å²) in [5.74, 6) is 1.94. The fourth-order valence-electron chi connectivity index (χ4n) is 13.4. The number of hydrogen-bond donors (Lipinski definition) is 8. The number of carboxylic acid groups (broad SMARTS) is 4. The number of carboxylic acids is 4. The van der Waals surface area contributed by atoms with Gasteiger partial charge in [-0.3, -0.25) is 4.98 Å². The minimum Gasteiger partial charge on any atom is -0.478 e. The van der Waals surface area contributed by atoms with Gasteiger partial charge in [-0.15, -0.1) is 0 Å². The quantitative estimate of drug-likeness (QED) is 0.0176. The van der Waals surface area contributed by atoms with Crippen LogP contribution in [-0.4, -0.2) is 128 Å². The first-order valence-electron chi connectivity index (χ1n) is 47.5. The molecule has 1 aliphatic rings. The van der Waals surface area contributed by atoms with Crippen LogP contribution in [0.1, 0.15) is 234 Å². The average Bonchev–Trinajstić information content (AvgIpc) is 1.33. The third-order valence-electron chi connectivity index (χ3n) is 20.3. The van der Waals surface area contributed by atoms with Crippen LogP contribution in [0.5, 0.6) is 46.0 Å². The van der Waals surface area contributed by atoms with Gasteiger partial charge in [0.05, 0.1) is 80.3 Å². The zero-order valence-corrected chi connectivity index (χ0v) is 81.4. The van der Waals surface area contributed by atoms with E-state index < -0.39 is 23.9 Å². The van der Waals surface area contributed by atoms with E-state index in [1.54, 1.807) is 84.8 Å². The Balaban J connectivity index is 0.000000290. The van der Waals surface area contributed by atoms with Gasteiger partial charge in [0.2, 0.25) is 0 Å². The Kier molecular flexibility index (Phi) is 56.4. The van der Waals surface area contributed by atoms with E-state index in [1.807, 2.05) is 202 Å². The van der Waals surface area contributed by atoms with Crippen LogP contribution >= 0.6 is 11.3 Å². The number of carbonyl (C=O) groups is 4. The van der Waals surface area contributed by atoms with Crippen LogP contribution in [0.3, 0.4) is 0 Å². The number of thiophene rings is 1. The molecule has 1 aliphatic carbocycles. The Morgan fingerprint density at radius 3 is 0.684 bits per heavy atom. The van der Waals surface area contributed by atoms with Crippen LogP contribution in [0.2, 0.25) is 0 Å². The van der Waals surface area contributed by atoms with Crippen LogP contribution in [0.25, 0.3) is 0 Å². The van der Waals surface area contributed by atoms with Gasteiger partial charge in [-0.2, -0.15) is 11.3 Å². The highest BCUT2D eigenvalue weighted by atomic mass is 32.1. The number of ether oxygens (including phenoxy) is 4. The van der Waals surface area contributed by atoms with Crippen molar-refractivity contribution in [1.29, 1.82) is 0 Å². The van der Waals surface area contributed by atoms with E-state index in [1.165, 1.54) is 0 Å². The highest BCUT2D eigenvalue weighted by Gasteiger charge is 2.26. The molecule has 0 fully saturated rings. The summed E-state index contributed by atoms with van der Waals surface area (Å²) < 4.78 is 29.7. The summed E-state index contributed by atoms with van der Waals surface area (Å²) in [6, 6.07) is 65.5. The lowest BCUT2D eigenvalue weighted by Crippen LogP contribution is -2.26. The minimum absolute atomic E-state index is 0.268. The zero-order valence-electron chi connectivity index (χ0n) is 80.6. The first-order chi connectivity index (χ1) is 64.9. The fourth-order valence-corrected chi connectivity index (χ4v) is 13.8. The minimum atomic E-state index is -0.933. The number of furan rings is 1. The molecule has 716 valence electrons. The average molecular weight is 1840 g/mol. The molecule has 0 radical (unpaired) electrons. The summed E-state index contributed by atoms with van der Waals surface area (Å²) in [7, 11) is 0. The summed E-state index contributed by atoms with van der Waals surface area (Å²) >= 11 is 1.71. The third kappa shape index (κ3) is 42.3. The van der Waals surface area contributed by atoms with Gasteiger partial charge in [-0.25, -0.2) is 19.2 Å². The number of allylic oxidation sites excluding steroid dienone is 4. The molecule has 0 aliphatic heterocycles. The molecule has 0 unspecified atom stereocenters. The SMILES string of the molecule is C1=CCC=C1.CCCCN(CCCC)c1cc(C(=O)O)cc(NCC)c1Oc1ccccc1.CCCCN(CCCC)c1cc(C(=O)O)cc(NCC)c1Oc1ccccc1.CCCCN(CCCC)c1cc(C(=O)O)cc(NCC)c1Oc1ccccc1.CCCCN(CCCC)c1cc(C(=O)O)cc(NCC)c1Oc1ccccc1.c1ccncc1.c1ccoc1.c1ccsc1. The van der Waals surface area contributed by atoms with Gasteiger partial charge in [0.25, 0.3) is 0 Å². The third-order valence-corrected chi connectivity index (χ3v) is 20.9. The molecule has 8 aromatic carbocycles. The lowest BCUT2D eigenvalue weighted by Gasteiger charge is -2.28. The Bertz CT molecular complexity index is 4330. The number of rotatable bonds is 48. The molecule has 0 atom stereocenters. The zero-order chi connectivity index (χ0) is 96.3. The first-order valence-corrected chi connectivity index (χ1v) is 48.5. The van der Waals surface area contributed by atoms with Crippen LogP contribution in [-0.2, 0) is 0 Å². The van der Waals surface area contributed by atoms with Crippen molar-refractivity contribution in [1.82, 2.24) is 4.98 Å². The molecule has 133 heavy (non-hydrogen) atoms. The summed E-state index contributed by atoms with van der Waals surface area (Å²) in [5.41, 5.74) is 7.24. The number of nitrogens with zero attached hydrogens (tertiary/aromatic N) is 5. The highest BCUT2D eigenvalue weighted by Crippen LogP contribution is 2.46. The van der Waals surface area contributed by atoms with E-state index in [9.17, 15) is 39.6 Å². The molecule has 3 aromatic heterocycles. The lowest BCUT2D eigenvalue weighted by molar-refractivity contribution is 0.0686. The molecular formula is C110H147N9O13S. The number of nitrogens with one attached hydrogen (secondary N) is 4. The van der Waals surface area contributed by atoms with E-state index in [-0.39, 0.29) is 22.3 Å². The molecule has 0 saturated heterocycles. The summed E-state index contributed by atoms with van der Waals surface area (Å²) in [5, 5.41) is 55.7. The van der Waals surface area contributed by atoms with Crippen molar-refractivity contribution in [2.24, 2.45) is 0 Å². The maximum atomic E-state index is 11.7. The van der Waals surface area contributed by atoms with Crippen molar-refractivity contribution >= 4 is 80.7 Å². The highest BCUT2D eigenvalue weighted by molar-refractivity contribution is 7.07.